The van der Waals surface area contributed by atoms with Crippen molar-refractivity contribution in [3.63, 3.8) is 0 Å². The van der Waals surface area contributed by atoms with Gasteiger partial charge in [0, 0.05) is 0 Å². The topological polar surface area (TPSA) is 63.4 Å². The van der Waals surface area contributed by atoms with Gasteiger partial charge in [-0.25, -0.2) is 10.1 Å². The Morgan fingerprint density at radius 3 is 2.44 bits per heavy atom. The summed E-state index contributed by atoms with van der Waals surface area (Å²) in [5.41, 5.74) is 0. The maximum Gasteiger partial charge on any atom is 0.192 e. The fourth-order valence-corrected chi connectivity index (χ4v) is 1.97. The molecule has 0 aliphatic rings. The molecule has 56 valence electrons. The van der Waals surface area contributed by atoms with E-state index in [1.54, 1.807) is 6.92 Å². The average molecular weight is 218 g/mol. The van der Waals surface area contributed by atoms with Crippen LogP contribution in [0.3, 0.4) is 0 Å². The second kappa shape index (κ2) is 3.38. The molecular weight excluding hydrogens is 210 g/mol. The third-order valence-electron chi connectivity index (χ3n) is 0.692. The van der Waals surface area contributed by atoms with Gasteiger partial charge >= 0.3 is 0 Å². The van der Waals surface area contributed by atoms with Crippen LogP contribution in [0.25, 0.3) is 0 Å². The average Bonchev–Trinajstić information content (AvgIpc) is 1.65. The van der Waals surface area contributed by atoms with Gasteiger partial charge in [0.15, 0.2) is 8.93 Å². The van der Waals surface area contributed by atoms with Crippen LogP contribution in [0, 0.1) is 10.1 Å². The molecule has 0 spiro atoms. The molecule has 0 heterocycles. The molecule has 0 radical (unpaired) electrons. The van der Waals surface area contributed by atoms with Crippen LogP contribution in [0.5, 0.6) is 0 Å². The minimum Gasteiger partial charge on any atom is -0.289 e. The number of hydrogen-bond acceptors (Lipinski definition) is 3. The van der Waals surface area contributed by atoms with Crippen molar-refractivity contribution in [2.45, 2.75) is 13.3 Å². The van der Waals surface area contributed by atoms with Crippen LogP contribution in [0.1, 0.15) is 13.3 Å². The van der Waals surface area contributed by atoms with E-state index >= 15 is 0 Å². The summed E-state index contributed by atoms with van der Waals surface area (Å²) >= 11 is 2.65. The molecule has 0 rings (SSSR count). The number of nitrogens with zero attached hydrogens (tertiary/aromatic N) is 1. The summed E-state index contributed by atoms with van der Waals surface area (Å²) in [6, 6.07) is 0. The van der Waals surface area contributed by atoms with Crippen molar-refractivity contribution >= 4 is 23.7 Å². The van der Waals surface area contributed by atoms with E-state index in [-0.39, 0.29) is 5.75 Å². The van der Waals surface area contributed by atoms with Gasteiger partial charge in [-0.1, -0.05) is 6.92 Å². The lowest BCUT2D eigenvalue weighted by Gasteiger charge is -2.13. The second-order valence-corrected chi connectivity index (χ2v) is 6.51. The zero-order chi connectivity index (χ0) is 7.49. The molecule has 0 fully saturated rings. The Bertz CT molecular complexity index is 118. The molecule has 0 amide bonds. The first-order valence-electron chi connectivity index (χ1n) is 2.38. The highest BCUT2D eigenvalue weighted by molar-refractivity contribution is 9.56. The third-order valence-corrected chi connectivity index (χ3v) is 3.76. The SMILES string of the molecule is CCCS(O)(Br)[N+](=O)[O-]. The molecule has 0 saturated heterocycles. The first-order chi connectivity index (χ1) is 4.00. The Kier molecular flexibility index (Phi) is 3.45. The molecule has 0 aliphatic carbocycles. The second-order valence-electron chi connectivity index (χ2n) is 1.51. The molecule has 0 aromatic carbocycles. The van der Waals surface area contributed by atoms with Crippen molar-refractivity contribution in [2.24, 2.45) is 0 Å². The predicted octanol–water partition coefficient (Wildman–Crippen LogP) is 2.18. The molecule has 0 aromatic rings. The predicted molar refractivity (Wildman–Crippen MR) is 41.3 cm³/mol. The van der Waals surface area contributed by atoms with Gasteiger partial charge in [0.25, 0.3) is 0 Å². The largest absolute Gasteiger partial charge is 0.289 e. The highest BCUT2D eigenvalue weighted by atomic mass is 79.9. The highest BCUT2D eigenvalue weighted by Gasteiger charge is 2.28. The Morgan fingerprint density at radius 2 is 2.33 bits per heavy atom. The Labute approximate surface area is 62.3 Å². The van der Waals surface area contributed by atoms with E-state index in [2.05, 4.69) is 14.8 Å². The zero-order valence-electron chi connectivity index (χ0n) is 4.91. The van der Waals surface area contributed by atoms with Crippen molar-refractivity contribution in [1.82, 2.24) is 0 Å². The summed E-state index contributed by atoms with van der Waals surface area (Å²) < 4.78 is 8.22. The molecule has 0 saturated carbocycles. The first kappa shape index (κ1) is 9.19. The zero-order valence-corrected chi connectivity index (χ0v) is 7.31. The third kappa shape index (κ3) is 3.02. The number of nitro groups is 1. The van der Waals surface area contributed by atoms with Crippen LogP contribution >= 0.6 is 23.7 Å². The minimum atomic E-state index is -2.71. The number of hydrogen-bond donors (Lipinski definition) is 1. The summed E-state index contributed by atoms with van der Waals surface area (Å²) in [4.78, 5) is 9.96. The van der Waals surface area contributed by atoms with Crippen LogP contribution in [-0.4, -0.2) is 14.6 Å². The maximum atomic E-state index is 9.96. The van der Waals surface area contributed by atoms with Gasteiger partial charge < -0.3 is 0 Å². The fraction of sp³-hybridized carbons (Fsp3) is 1.00. The molecule has 4 nitrogen and oxygen atoms in total. The van der Waals surface area contributed by atoms with Gasteiger partial charge in [0.2, 0.25) is 0 Å². The van der Waals surface area contributed by atoms with Gasteiger partial charge in [-0.3, -0.25) is 4.55 Å². The quantitative estimate of drug-likeness (QED) is 0.583. The van der Waals surface area contributed by atoms with Crippen molar-refractivity contribution in [1.29, 1.82) is 0 Å². The van der Waals surface area contributed by atoms with Crippen molar-refractivity contribution in [3.05, 3.63) is 10.1 Å². The highest BCUT2D eigenvalue weighted by Crippen LogP contribution is 2.51. The van der Waals surface area contributed by atoms with Crippen molar-refractivity contribution in [3.8, 4) is 0 Å². The van der Waals surface area contributed by atoms with E-state index in [9.17, 15) is 10.1 Å². The monoisotopic (exact) mass is 217 g/mol. The van der Waals surface area contributed by atoms with Crippen molar-refractivity contribution < 1.29 is 8.88 Å². The number of halogens is 1. The molecule has 6 heteroatoms. The van der Waals surface area contributed by atoms with E-state index < -0.39 is 13.3 Å². The van der Waals surface area contributed by atoms with Gasteiger partial charge in [-0.05, 0) is 6.42 Å². The van der Waals surface area contributed by atoms with Gasteiger partial charge in [-0.2, -0.15) is 0 Å². The summed E-state index contributed by atoms with van der Waals surface area (Å²) in [5.74, 6) is 0.208. The fourth-order valence-electron chi connectivity index (χ4n) is 0.334. The van der Waals surface area contributed by atoms with Crippen molar-refractivity contribution in [2.75, 3.05) is 5.75 Å². The summed E-state index contributed by atoms with van der Waals surface area (Å²) in [6.45, 7) is 1.78. The molecular formula is C3H8BrNO3S. The lowest BCUT2D eigenvalue weighted by molar-refractivity contribution is -0.301. The molecule has 0 bridgehead atoms. The number of rotatable bonds is 3. The lowest BCUT2D eigenvalue weighted by Crippen LogP contribution is -2.05. The molecule has 1 unspecified atom stereocenters. The van der Waals surface area contributed by atoms with E-state index in [0.717, 1.165) is 0 Å². The minimum absolute atomic E-state index is 0.208. The molecule has 0 aromatic heterocycles. The van der Waals surface area contributed by atoms with Crippen LogP contribution in [0.4, 0.5) is 0 Å². The molecule has 0 aliphatic heterocycles. The van der Waals surface area contributed by atoms with E-state index in [1.807, 2.05) is 0 Å². The first-order valence-corrected chi connectivity index (χ1v) is 5.94. The van der Waals surface area contributed by atoms with E-state index in [0.29, 0.717) is 6.42 Å². The van der Waals surface area contributed by atoms with Gasteiger partial charge in [0.1, 0.15) is 4.33 Å². The van der Waals surface area contributed by atoms with E-state index in [4.69, 9.17) is 4.55 Å². The Hall–Kier alpha value is 0.190. The standard InChI is InChI=1S/C3H8BrNO3S/c1-2-3-9(4,8)5(6)7/h8H,2-3H2,1H3. The van der Waals surface area contributed by atoms with Gasteiger partial charge in [0.05, 0.1) is 20.6 Å². The lowest BCUT2D eigenvalue weighted by atomic mass is 10.6. The molecule has 1 atom stereocenters. The molecule has 9 heavy (non-hydrogen) atoms. The Morgan fingerprint density at radius 1 is 1.89 bits per heavy atom. The summed E-state index contributed by atoms with van der Waals surface area (Å²) in [6.07, 6.45) is 0.609. The van der Waals surface area contributed by atoms with Gasteiger partial charge in [-0.15, -0.1) is 0 Å². The van der Waals surface area contributed by atoms with E-state index in [1.165, 1.54) is 0 Å². The Balaban J connectivity index is 3.85. The smallest absolute Gasteiger partial charge is 0.192 e. The maximum absolute atomic E-state index is 9.96. The summed E-state index contributed by atoms with van der Waals surface area (Å²) in [5, 5.41) is 9.96. The van der Waals surface area contributed by atoms with Crippen LogP contribution in [0.2, 0.25) is 0 Å². The molecule has 1 N–H and O–H groups in total. The van der Waals surface area contributed by atoms with Crippen LogP contribution < -0.4 is 0 Å². The van der Waals surface area contributed by atoms with Crippen LogP contribution in [0.15, 0.2) is 0 Å². The van der Waals surface area contributed by atoms with Crippen LogP contribution in [-0.2, 0) is 0 Å². The summed E-state index contributed by atoms with van der Waals surface area (Å²) in [7, 11) is -2.71. The normalized spacial score (nSPS) is 20.3.